The van der Waals surface area contributed by atoms with Crippen molar-refractivity contribution in [2.45, 2.75) is 33.0 Å². The third kappa shape index (κ3) is 2.64. The molecule has 7 nitrogen and oxygen atoms in total. The Morgan fingerprint density at radius 2 is 2.14 bits per heavy atom. The van der Waals surface area contributed by atoms with E-state index in [0.717, 1.165) is 5.56 Å². The minimum absolute atomic E-state index is 0.00128. The molecule has 22 heavy (non-hydrogen) atoms. The number of ether oxygens (including phenoxy) is 1. The highest BCUT2D eigenvalue weighted by molar-refractivity contribution is 5.94. The number of aryl methyl sites for hydroxylation is 3. The van der Waals surface area contributed by atoms with Crippen LogP contribution in [0.25, 0.3) is 0 Å². The van der Waals surface area contributed by atoms with Crippen LogP contribution in [0.4, 0.5) is 0 Å². The van der Waals surface area contributed by atoms with Crippen molar-refractivity contribution in [2.24, 2.45) is 7.05 Å². The summed E-state index contributed by atoms with van der Waals surface area (Å²) in [4.78, 5) is 18.8. The summed E-state index contributed by atoms with van der Waals surface area (Å²) in [6.45, 7) is 6.60. The van der Waals surface area contributed by atoms with E-state index in [9.17, 15) is 4.79 Å². The molecule has 2 aromatic rings. The van der Waals surface area contributed by atoms with Crippen LogP contribution in [0.5, 0.6) is 0 Å². The molecule has 0 aliphatic carbocycles. The highest BCUT2D eigenvalue weighted by atomic mass is 16.5. The average Bonchev–Trinajstić information content (AvgIpc) is 3.04. The van der Waals surface area contributed by atoms with Crippen LogP contribution in [-0.4, -0.2) is 44.7 Å². The van der Waals surface area contributed by atoms with Crippen LogP contribution < -0.4 is 0 Å². The molecule has 3 rings (SSSR count). The Morgan fingerprint density at radius 1 is 1.36 bits per heavy atom. The van der Waals surface area contributed by atoms with Crippen LogP contribution in [0.3, 0.4) is 0 Å². The predicted molar refractivity (Wildman–Crippen MR) is 78.4 cm³/mol. The number of nitrogens with zero attached hydrogens (tertiary/aromatic N) is 4. The van der Waals surface area contributed by atoms with E-state index in [-0.39, 0.29) is 18.1 Å². The molecule has 1 aliphatic heterocycles. The van der Waals surface area contributed by atoms with Crippen LogP contribution in [0.2, 0.25) is 0 Å². The minimum atomic E-state index is -0.380. The summed E-state index contributed by atoms with van der Waals surface area (Å²) < 4.78 is 12.9. The van der Waals surface area contributed by atoms with Gasteiger partial charge in [-0.25, -0.2) is 0 Å². The first-order valence-electron chi connectivity index (χ1n) is 7.32. The SMILES string of the molecule is Cc1noc([C@H]2CN(C(=O)c3c(C)ccn3C)C[C@@H](C)O2)n1. The van der Waals surface area contributed by atoms with Crippen LogP contribution >= 0.6 is 0 Å². The zero-order valence-electron chi connectivity index (χ0n) is 13.2. The van der Waals surface area contributed by atoms with Crippen molar-refractivity contribution < 1.29 is 14.1 Å². The van der Waals surface area contributed by atoms with Crippen molar-refractivity contribution in [1.82, 2.24) is 19.6 Å². The zero-order valence-corrected chi connectivity index (χ0v) is 13.2. The van der Waals surface area contributed by atoms with Crippen molar-refractivity contribution in [3.8, 4) is 0 Å². The predicted octanol–water partition coefficient (Wildman–Crippen LogP) is 1.63. The fraction of sp³-hybridized carbons (Fsp3) is 0.533. The summed E-state index contributed by atoms with van der Waals surface area (Å²) in [6.07, 6.45) is 1.43. The fourth-order valence-corrected chi connectivity index (χ4v) is 2.82. The number of rotatable bonds is 2. The Hall–Kier alpha value is -2.15. The molecule has 7 heteroatoms. The van der Waals surface area contributed by atoms with Crippen molar-refractivity contribution >= 4 is 5.91 Å². The van der Waals surface area contributed by atoms with Gasteiger partial charge in [0.2, 0.25) is 0 Å². The lowest BCUT2D eigenvalue weighted by molar-refractivity contribution is -0.0812. The molecule has 3 heterocycles. The Kier molecular flexibility index (Phi) is 3.74. The quantitative estimate of drug-likeness (QED) is 0.843. The van der Waals surface area contributed by atoms with Crippen LogP contribution in [-0.2, 0) is 11.8 Å². The first-order valence-corrected chi connectivity index (χ1v) is 7.32. The number of carbonyl (C=O) groups excluding carboxylic acids is 1. The number of amides is 1. The summed E-state index contributed by atoms with van der Waals surface area (Å²) in [5.74, 6) is 0.986. The topological polar surface area (TPSA) is 73.4 Å². The number of hydrogen-bond donors (Lipinski definition) is 0. The smallest absolute Gasteiger partial charge is 0.270 e. The van der Waals surface area contributed by atoms with Gasteiger partial charge in [0.05, 0.1) is 12.6 Å². The van der Waals surface area contributed by atoms with Gasteiger partial charge < -0.3 is 18.7 Å². The second-order valence-corrected chi connectivity index (χ2v) is 5.78. The second kappa shape index (κ2) is 5.57. The van der Waals surface area contributed by atoms with E-state index in [1.54, 1.807) is 11.8 Å². The van der Waals surface area contributed by atoms with E-state index in [0.29, 0.717) is 30.5 Å². The van der Waals surface area contributed by atoms with Crippen LogP contribution in [0.15, 0.2) is 16.8 Å². The molecule has 1 amide bonds. The molecular weight excluding hydrogens is 284 g/mol. The number of hydrogen-bond acceptors (Lipinski definition) is 5. The van der Waals surface area contributed by atoms with E-state index in [4.69, 9.17) is 9.26 Å². The van der Waals surface area contributed by atoms with Crippen LogP contribution in [0, 0.1) is 13.8 Å². The van der Waals surface area contributed by atoms with Crippen molar-refractivity contribution in [3.05, 3.63) is 35.2 Å². The first kappa shape index (κ1) is 14.8. The monoisotopic (exact) mass is 304 g/mol. The molecule has 118 valence electrons. The van der Waals surface area contributed by atoms with Gasteiger partial charge in [0.25, 0.3) is 11.8 Å². The summed E-state index contributed by atoms with van der Waals surface area (Å²) in [5.41, 5.74) is 1.67. The minimum Gasteiger partial charge on any atom is -0.362 e. The Balaban J connectivity index is 1.83. The number of aromatic nitrogens is 3. The number of morpholine rings is 1. The second-order valence-electron chi connectivity index (χ2n) is 5.78. The number of carbonyl (C=O) groups is 1. The average molecular weight is 304 g/mol. The Morgan fingerprint density at radius 3 is 2.73 bits per heavy atom. The molecule has 0 aromatic carbocycles. The van der Waals surface area contributed by atoms with Crippen molar-refractivity contribution in [3.63, 3.8) is 0 Å². The maximum Gasteiger partial charge on any atom is 0.270 e. The van der Waals surface area contributed by atoms with Gasteiger partial charge in [0.1, 0.15) is 5.69 Å². The molecule has 0 unspecified atom stereocenters. The van der Waals surface area contributed by atoms with Gasteiger partial charge in [-0.05, 0) is 32.4 Å². The summed E-state index contributed by atoms with van der Waals surface area (Å²) in [5, 5.41) is 3.79. The Bertz CT molecular complexity index is 671. The molecule has 0 saturated carbocycles. The molecule has 1 aliphatic rings. The zero-order chi connectivity index (χ0) is 15.9. The van der Waals surface area contributed by atoms with E-state index >= 15 is 0 Å². The third-order valence-electron chi connectivity index (χ3n) is 3.84. The van der Waals surface area contributed by atoms with E-state index < -0.39 is 0 Å². The fourth-order valence-electron chi connectivity index (χ4n) is 2.82. The lowest BCUT2D eigenvalue weighted by Crippen LogP contribution is -2.46. The highest BCUT2D eigenvalue weighted by Gasteiger charge is 2.34. The maximum atomic E-state index is 12.8. The van der Waals surface area contributed by atoms with E-state index in [2.05, 4.69) is 10.1 Å². The summed E-state index contributed by atoms with van der Waals surface area (Å²) >= 11 is 0. The Labute approximate surface area is 128 Å². The van der Waals surface area contributed by atoms with Gasteiger partial charge in [-0.1, -0.05) is 5.16 Å². The molecule has 0 N–H and O–H groups in total. The van der Waals surface area contributed by atoms with Gasteiger partial charge in [-0.3, -0.25) is 4.79 Å². The van der Waals surface area contributed by atoms with E-state index in [1.165, 1.54) is 0 Å². The third-order valence-corrected chi connectivity index (χ3v) is 3.84. The first-order chi connectivity index (χ1) is 10.5. The lowest BCUT2D eigenvalue weighted by Gasteiger charge is -2.35. The van der Waals surface area contributed by atoms with Gasteiger partial charge in [0, 0.05) is 19.8 Å². The molecule has 1 saturated heterocycles. The molecular formula is C15H20N4O3. The van der Waals surface area contributed by atoms with Crippen LogP contribution in [0.1, 0.15) is 40.8 Å². The van der Waals surface area contributed by atoms with Gasteiger partial charge in [-0.15, -0.1) is 0 Å². The molecule has 1 fully saturated rings. The maximum absolute atomic E-state index is 12.8. The van der Waals surface area contributed by atoms with Crippen molar-refractivity contribution in [2.75, 3.05) is 13.1 Å². The molecule has 0 radical (unpaired) electrons. The molecule has 0 spiro atoms. The van der Waals surface area contributed by atoms with Gasteiger partial charge >= 0.3 is 0 Å². The highest BCUT2D eigenvalue weighted by Crippen LogP contribution is 2.25. The van der Waals surface area contributed by atoms with E-state index in [1.807, 2.05) is 37.7 Å². The van der Waals surface area contributed by atoms with Gasteiger partial charge in [-0.2, -0.15) is 4.98 Å². The molecule has 0 bridgehead atoms. The molecule has 2 aromatic heterocycles. The summed E-state index contributed by atoms with van der Waals surface area (Å²) in [6, 6.07) is 1.94. The molecule has 2 atom stereocenters. The summed E-state index contributed by atoms with van der Waals surface area (Å²) in [7, 11) is 1.88. The van der Waals surface area contributed by atoms with Crippen molar-refractivity contribution in [1.29, 1.82) is 0 Å². The normalized spacial score (nSPS) is 22.1. The lowest BCUT2D eigenvalue weighted by atomic mass is 10.1. The largest absolute Gasteiger partial charge is 0.362 e. The standard InChI is InChI=1S/C15H20N4O3/c1-9-5-6-18(4)13(9)15(20)19-7-10(2)21-12(8-19)14-16-11(3)17-22-14/h5-6,10,12H,7-8H2,1-4H3/t10-,12-/m1/s1. The van der Waals surface area contributed by atoms with Gasteiger partial charge in [0.15, 0.2) is 11.9 Å².